The van der Waals surface area contributed by atoms with E-state index in [9.17, 15) is 4.39 Å². The van der Waals surface area contributed by atoms with Gasteiger partial charge in [-0.3, -0.25) is 0 Å². The van der Waals surface area contributed by atoms with E-state index in [1.165, 1.54) is 12.1 Å². The molecule has 2 aromatic carbocycles. The lowest BCUT2D eigenvalue weighted by Gasteiger charge is -2.10. The fourth-order valence-corrected chi connectivity index (χ4v) is 3.17. The maximum atomic E-state index is 13.8. The van der Waals surface area contributed by atoms with Crippen molar-refractivity contribution in [3.63, 3.8) is 0 Å². The summed E-state index contributed by atoms with van der Waals surface area (Å²) in [6.07, 6.45) is 0. The van der Waals surface area contributed by atoms with Crippen molar-refractivity contribution >= 4 is 50.7 Å². The molecule has 0 N–H and O–H groups in total. The Morgan fingerprint density at radius 3 is 2.00 bits per heavy atom. The van der Waals surface area contributed by atoms with E-state index in [4.69, 9.17) is 34.8 Å². The third kappa shape index (κ3) is 2.60. The molecule has 5 heteroatoms. The van der Waals surface area contributed by atoms with E-state index in [0.29, 0.717) is 15.6 Å². The minimum absolute atomic E-state index is 0.219. The van der Waals surface area contributed by atoms with E-state index >= 15 is 0 Å². The number of hydrogen-bond donors (Lipinski definition) is 0. The van der Waals surface area contributed by atoms with Crippen LogP contribution < -0.4 is 0 Å². The Bertz CT molecular complexity index is 541. The predicted molar refractivity (Wildman–Crippen MR) is 74.6 cm³/mol. The lowest BCUT2D eigenvalue weighted by Crippen LogP contribution is -1.88. The van der Waals surface area contributed by atoms with Crippen molar-refractivity contribution in [1.82, 2.24) is 0 Å². The fourth-order valence-electron chi connectivity index (χ4n) is 1.52. The molecule has 0 aliphatic carbocycles. The Hall–Kier alpha value is -0.280. The molecule has 2 aromatic rings. The fraction of sp³-hybridized carbons (Fsp3) is 0. The monoisotopic (exact) mass is 352 g/mol. The van der Waals surface area contributed by atoms with Gasteiger partial charge in [-0.25, -0.2) is 4.39 Å². The van der Waals surface area contributed by atoms with Crippen LogP contribution in [0.4, 0.5) is 4.39 Å². The van der Waals surface area contributed by atoms with Gasteiger partial charge < -0.3 is 0 Å². The first-order chi connectivity index (χ1) is 8.00. The Labute approximate surface area is 121 Å². The molecule has 0 bridgehead atoms. The average molecular weight is 354 g/mol. The highest BCUT2D eigenvalue weighted by Gasteiger charge is 2.16. The zero-order chi connectivity index (χ0) is 12.6. The molecule has 0 unspecified atom stereocenters. The summed E-state index contributed by atoms with van der Waals surface area (Å²) in [7, 11) is 0. The minimum Gasteiger partial charge on any atom is -0.206 e. The van der Waals surface area contributed by atoms with Crippen molar-refractivity contribution in [2.45, 2.75) is 0 Å². The minimum atomic E-state index is -0.455. The lowest BCUT2D eigenvalue weighted by molar-refractivity contribution is 0.631. The van der Waals surface area contributed by atoms with Gasteiger partial charge in [0.25, 0.3) is 0 Å². The van der Waals surface area contributed by atoms with E-state index in [-0.39, 0.29) is 10.6 Å². The second-order valence-electron chi connectivity index (χ2n) is 3.34. The molecule has 0 aromatic heterocycles. The summed E-state index contributed by atoms with van der Waals surface area (Å²) in [5.74, 6) is -0.455. The number of rotatable bonds is 1. The Morgan fingerprint density at radius 2 is 1.47 bits per heavy atom. The molecule has 2 rings (SSSR count). The summed E-state index contributed by atoms with van der Waals surface area (Å²) in [6, 6.07) is 7.73. The highest BCUT2D eigenvalue weighted by Crippen LogP contribution is 2.41. The van der Waals surface area contributed by atoms with Gasteiger partial charge in [-0.05, 0) is 24.3 Å². The topological polar surface area (TPSA) is 0 Å². The van der Waals surface area contributed by atoms with Crippen molar-refractivity contribution in [2.24, 2.45) is 0 Å². The first-order valence-electron chi connectivity index (χ1n) is 4.59. The van der Waals surface area contributed by atoms with Crippen LogP contribution in [0.3, 0.4) is 0 Å². The van der Waals surface area contributed by atoms with Crippen molar-refractivity contribution in [2.75, 3.05) is 0 Å². The molecule has 0 aliphatic rings. The Kier molecular flexibility index (Phi) is 3.99. The standard InChI is InChI=1S/C12H5BrCl3F/c13-6-4-8(15)11(9(16)5-6)12-7(14)2-1-3-10(12)17/h1-5H. The number of hydrogen-bond acceptors (Lipinski definition) is 0. The van der Waals surface area contributed by atoms with Crippen LogP contribution in [0.25, 0.3) is 11.1 Å². The van der Waals surface area contributed by atoms with Crippen molar-refractivity contribution in [1.29, 1.82) is 0 Å². The highest BCUT2D eigenvalue weighted by molar-refractivity contribution is 9.10. The highest BCUT2D eigenvalue weighted by atomic mass is 79.9. The second kappa shape index (κ2) is 5.15. The van der Waals surface area contributed by atoms with E-state index in [1.807, 2.05) is 0 Å². The number of halogens is 5. The molecule has 0 atom stereocenters. The van der Waals surface area contributed by atoms with Crippen LogP contribution in [0.1, 0.15) is 0 Å². The van der Waals surface area contributed by atoms with E-state index in [2.05, 4.69) is 15.9 Å². The second-order valence-corrected chi connectivity index (χ2v) is 5.48. The largest absolute Gasteiger partial charge is 0.206 e. The lowest BCUT2D eigenvalue weighted by atomic mass is 10.0. The molecule has 0 nitrogen and oxygen atoms in total. The van der Waals surface area contributed by atoms with Gasteiger partial charge in [-0.1, -0.05) is 56.8 Å². The maximum Gasteiger partial charge on any atom is 0.132 e. The molecule has 88 valence electrons. The quantitative estimate of drug-likeness (QED) is 0.571. The van der Waals surface area contributed by atoms with Crippen LogP contribution in [-0.4, -0.2) is 0 Å². The van der Waals surface area contributed by atoms with Gasteiger partial charge in [0, 0.05) is 15.6 Å². The van der Waals surface area contributed by atoms with Gasteiger partial charge >= 0.3 is 0 Å². The van der Waals surface area contributed by atoms with Gasteiger partial charge in [0.2, 0.25) is 0 Å². The summed E-state index contributed by atoms with van der Waals surface area (Å²) >= 11 is 21.4. The van der Waals surface area contributed by atoms with Crippen LogP contribution in [-0.2, 0) is 0 Å². The van der Waals surface area contributed by atoms with Gasteiger partial charge in [-0.15, -0.1) is 0 Å². The van der Waals surface area contributed by atoms with E-state index in [0.717, 1.165) is 4.47 Å². The summed E-state index contributed by atoms with van der Waals surface area (Å²) < 4.78 is 14.5. The summed E-state index contributed by atoms with van der Waals surface area (Å²) in [6.45, 7) is 0. The third-order valence-corrected chi connectivity index (χ3v) is 3.59. The normalized spacial score (nSPS) is 10.6. The molecule has 0 aliphatic heterocycles. The number of benzene rings is 2. The van der Waals surface area contributed by atoms with Gasteiger partial charge in [0.1, 0.15) is 5.82 Å². The SMILES string of the molecule is Fc1cccc(Cl)c1-c1c(Cl)cc(Br)cc1Cl. The molecule has 0 heterocycles. The first-order valence-corrected chi connectivity index (χ1v) is 6.52. The summed E-state index contributed by atoms with van der Waals surface area (Å²) in [5, 5.41) is 0.962. The zero-order valence-electron chi connectivity index (χ0n) is 8.28. The third-order valence-electron chi connectivity index (χ3n) is 2.22. The predicted octanol–water partition coefficient (Wildman–Crippen LogP) is 6.22. The molecule has 0 amide bonds. The first kappa shape index (κ1) is 13.2. The molecule has 0 saturated carbocycles. The van der Waals surface area contributed by atoms with Crippen molar-refractivity contribution in [3.8, 4) is 11.1 Å². The van der Waals surface area contributed by atoms with Gasteiger partial charge in [-0.2, -0.15) is 0 Å². The molecule has 0 spiro atoms. The van der Waals surface area contributed by atoms with Crippen LogP contribution in [0.5, 0.6) is 0 Å². The summed E-state index contributed by atoms with van der Waals surface area (Å²) in [5.41, 5.74) is 0.622. The smallest absolute Gasteiger partial charge is 0.132 e. The van der Waals surface area contributed by atoms with E-state index < -0.39 is 5.82 Å². The van der Waals surface area contributed by atoms with Crippen LogP contribution in [0.15, 0.2) is 34.8 Å². The Balaban J connectivity index is 2.77. The molecule has 0 fully saturated rings. The van der Waals surface area contributed by atoms with Crippen molar-refractivity contribution in [3.05, 3.63) is 55.7 Å². The maximum absolute atomic E-state index is 13.8. The molecular weight excluding hydrogens is 349 g/mol. The zero-order valence-corrected chi connectivity index (χ0v) is 12.1. The molecular formula is C12H5BrCl3F. The van der Waals surface area contributed by atoms with Gasteiger partial charge in [0.15, 0.2) is 0 Å². The van der Waals surface area contributed by atoms with Gasteiger partial charge in [0.05, 0.1) is 15.1 Å². The molecule has 17 heavy (non-hydrogen) atoms. The Morgan fingerprint density at radius 1 is 0.882 bits per heavy atom. The van der Waals surface area contributed by atoms with Crippen LogP contribution >= 0.6 is 50.7 Å². The summed E-state index contributed by atoms with van der Waals surface area (Å²) in [4.78, 5) is 0. The molecule has 0 saturated heterocycles. The molecule has 0 radical (unpaired) electrons. The van der Waals surface area contributed by atoms with Crippen LogP contribution in [0, 0.1) is 5.82 Å². The average Bonchev–Trinajstić information content (AvgIpc) is 2.21. The van der Waals surface area contributed by atoms with Crippen LogP contribution in [0.2, 0.25) is 15.1 Å². The van der Waals surface area contributed by atoms with E-state index in [1.54, 1.807) is 18.2 Å². The van der Waals surface area contributed by atoms with Crippen molar-refractivity contribution < 1.29 is 4.39 Å².